The highest BCUT2D eigenvalue weighted by Gasteiger charge is 2.20. The quantitative estimate of drug-likeness (QED) is 0.864. The van der Waals surface area contributed by atoms with Crippen molar-refractivity contribution in [2.24, 2.45) is 0 Å². The highest BCUT2D eigenvalue weighted by molar-refractivity contribution is 9.10. The number of aromatic nitrogens is 1. The van der Waals surface area contributed by atoms with Crippen molar-refractivity contribution in [1.82, 2.24) is 10.3 Å². The first-order valence-electron chi connectivity index (χ1n) is 7.02. The minimum atomic E-state index is 0.305. The van der Waals surface area contributed by atoms with E-state index in [1.807, 2.05) is 12.4 Å². The SMILES string of the molecule is CCNC(c1ccc(C)c(Br)c1)C(C)c1ccncc1. The molecule has 0 amide bonds. The van der Waals surface area contributed by atoms with E-state index in [1.54, 1.807) is 0 Å². The number of pyridine rings is 1. The zero-order valence-electron chi connectivity index (χ0n) is 12.2. The van der Waals surface area contributed by atoms with E-state index >= 15 is 0 Å². The third kappa shape index (κ3) is 3.47. The van der Waals surface area contributed by atoms with Crippen LogP contribution in [-0.4, -0.2) is 11.5 Å². The summed E-state index contributed by atoms with van der Waals surface area (Å²) in [6.07, 6.45) is 3.72. The molecular weight excluding hydrogens is 312 g/mol. The minimum Gasteiger partial charge on any atom is -0.310 e. The van der Waals surface area contributed by atoms with E-state index in [2.05, 4.69) is 77.3 Å². The maximum atomic E-state index is 4.10. The Morgan fingerprint density at radius 3 is 2.45 bits per heavy atom. The van der Waals surface area contributed by atoms with Crippen molar-refractivity contribution in [3.05, 3.63) is 63.9 Å². The molecule has 0 aliphatic carbocycles. The molecule has 2 rings (SSSR count). The van der Waals surface area contributed by atoms with Crippen LogP contribution in [0.3, 0.4) is 0 Å². The molecule has 2 unspecified atom stereocenters. The molecule has 0 aliphatic rings. The summed E-state index contributed by atoms with van der Waals surface area (Å²) >= 11 is 3.63. The van der Waals surface area contributed by atoms with E-state index in [1.165, 1.54) is 21.2 Å². The lowest BCUT2D eigenvalue weighted by atomic mass is 9.88. The predicted octanol–water partition coefficient (Wildman–Crippen LogP) is 4.61. The van der Waals surface area contributed by atoms with Crippen LogP contribution in [0.25, 0.3) is 0 Å². The summed E-state index contributed by atoms with van der Waals surface area (Å²) in [7, 11) is 0. The number of likely N-dealkylation sites (N-methyl/N-ethyl adjacent to an activating group) is 1. The highest BCUT2D eigenvalue weighted by atomic mass is 79.9. The average molecular weight is 333 g/mol. The first-order chi connectivity index (χ1) is 9.63. The lowest BCUT2D eigenvalue weighted by Gasteiger charge is -2.26. The van der Waals surface area contributed by atoms with Crippen LogP contribution in [0.15, 0.2) is 47.2 Å². The topological polar surface area (TPSA) is 24.9 Å². The van der Waals surface area contributed by atoms with Gasteiger partial charge in [-0.2, -0.15) is 0 Å². The number of rotatable bonds is 5. The fraction of sp³-hybridized carbons (Fsp3) is 0.353. The number of hydrogen-bond donors (Lipinski definition) is 1. The third-order valence-electron chi connectivity index (χ3n) is 3.71. The number of halogens is 1. The van der Waals surface area contributed by atoms with Crippen molar-refractivity contribution in [3.63, 3.8) is 0 Å². The summed E-state index contributed by atoms with van der Waals surface area (Å²) < 4.78 is 1.17. The molecule has 1 N–H and O–H groups in total. The molecule has 0 fully saturated rings. The zero-order valence-corrected chi connectivity index (χ0v) is 13.8. The van der Waals surface area contributed by atoms with Gasteiger partial charge >= 0.3 is 0 Å². The molecule has 0 bridgehead atoms. The number of nitrogens with one attached hydrogen (secondary N) is 1. The molecule has 0 aliphatic heterocycles. The Hall–Kier alpha value is -1.19. The number of hydrogen-bond acceptors (Lipinski definition) is 2. The molecule has 1 aromatic carbocycles. The second kappa shape index (κ2) is 7.00. The molecule has 3 heteroatoms. The number of aryl methyl sites for hydroxylation is 1. The van der Waals surface area contributed by atoms with E-state index in [-0.39, 0.29) is 0 Å². The molecule has 1 aromatic heterocycles. The second-order valence-electron chi connectivity index (χ2n) is 5.11. The van der Waals surface area contributed by atoms with Gasteiger partial charge in [-0.1, -0.05) is 41.9 Å². The maximum Gasteiger partial charge on any atom is 0.0387 e. The van der Waals surface area contributed by atoms with Gasteiger partial charge in [-0.15, -0.1) is 0 Å². The molecule has 106 valence electrons. The van der Waals surface area contributed by atoms with Crippen LogP contribution in [0.4, 0.5) is 0 Å². The van der Waals surface area contributed by atoms with Gasteiger partial charge in [0.05, 0.1) is 0 Å². The van der Waals surface area contributed by atoms with Crippen molar-refractivity contribution < 1.29 is 0 Å². The summed E-state index contributed by atoms with van der Waals surface area (Å²) in [6, 6.07) is 11.1. The van der Waals surface area contributed by atoms with Crippen molar-refractivity contribution in [2.45, 2.75) is 32.7 Å². The first kappa shape index (κ1) is 15.2. The van der Waals surface area contributed by atoms with Gasteiger partial charge < -0.3 is 5.32 Å². The molecule has 1 heterocycles. The van der Waals surface area contributed by atoms with E-state index in [0.29, 0.717) is 12.0 Å². The predicted molar refractivity (Wildman–Crippen MR) is 87.9 cm³/mol. The van der Waals surface area contributed by atoms with Gasteiger partial charge in [0.15, 0.2) is 0 Å². The van der Waals surface area contributed by atoms with Crippen LogP contribution in [0.5, 0.6) is 0 Å². The fourth-order valence-electron chi connectivity index (χ4n) is 2.47. The molecule has 0 radical (unpaired) electrons. The second-order valence-corrected chi connectivity index (χ2v) is 5.97. The van der Waals surface area contributed by atoms with E-state index in [0.717, 1.165) is 6.54 Å². The van der Waals surface area contributed by atoms with Crippen molar-refractivity contribution in [1.29, 1.82) is 0 Å². The van der Waals surface area contributed by atoms with Crippen molar-refractivity contribution in [3.8, 4) is 0 Å². The zero-order chi connectivity index (χ0) is 14.5. The Labute approximate surface area is 129 Å². The fourth-order valence-corrected chi connectivity index (χ4v) is 2.86. The van der Waals surface area contributed by atoms with Gasteiger partial charge in [0.2, 0.25) is 0 Å². The smallest absolute Gasteiger partial charge is 0.0387 e. The summed E-state index contributed by atoms with van der Waals surface area (Å²) in [4.78, 5) is 4.10. The molecule has 2 nitrogen and oxygen atoms in total. The largest absolute Gasteiger partial charge is 0.310 e. The Balaban J connectivity index is 2.33. The van der Waals surface area contributed by atoms with Gasteiger partial charge in [-0.3, -0.25) is 4.98 Å². The van der Waals surface area contributed by atoms with Crippen LogP contribution in [0, 0.1) is 6.92 Å². The van der Waals surface area contributed by atoms with Gasteiger partial charge in [0.25, 0.3) is 0 Å². The third-order valence-corrected chi connectivity index (χ3v) is 4.57. The summed E-state index contributed by atoms with van der Waals surface area (Å²) in [6.45, 7) is 7.47. The standard InChI is InChI=1S/C17H21BrN2/c1-4-20-17(13(3)14-7-9-19-10-8-14)15-6-5-12(2)16(18)11-15/h5-11,13,17,20H,4H2,1-3H3. The minimum absolute atomic E-state index is 0.305. The van der Waals surface area contributed by atoms with E-state index in [9.17, 15) is 0 Å². The Morgan fingerprint density at radius 2 is 1.85 bits per heavy atom. The molecule has 0 saturated carbocycles. The highest BCUT2D eigenvalue weighted by Crippen LogP contribution is 2.32. The van der Waals surface area contributed by atoms with E-state index in [4.69, 9.17) is 0 Å². The lowest BCUT2D eigenvalue weighted by molar-refractivity contribution is 0.479. The molecule has 2 atom stereocenters. The molecule has 2 aromatic rings. The summed E-state index contributed by atoms with van der Waals surface area (Å²) in [5, 5.41) is 3.60. The number of nitrogens with zero attached hydrogens (tertiary/aromatic N) is 1. The van der Waals surface area contributed by atoms with Gasteiger partial charge in [-0.25, -0.2) is 0 Å². The Bertz CT molecular complexity index is 554. The van der Waals surface area contributed by atoms with E-state index < -0.39 is 0 Å². The lowest BCUT2D eigenvalue weighted by Crippen LogP contribution is -2.25. The van der Waals surface area contributed by atoms with Crippen molar-refractivity contribution >= 4 is 15.9 Å². The monoisotopic (exact) mass is 332 g/mol. The van der Waals surface area contributed by atoms with Crippen LogP contribution in [0.1, 0.15) is 42.5 Å². The first-order valence-corrected chi connectivity index (χ1v) is 7.82. The molecule has 20 heavy (non-hydrogen) atoms. The molecular formula is C17H21BrN2. The summed E-state index contributed by atoms with van der Waals surface area (Å²) in [5.74, 6) is 0.396. The Morgan fingerprint density at radius 1 is 1.15 bits per heavy atom. The maximum absolute atomic E-state index is 4.10. The molecule has 0 saturated heterocycles. The van der Waals surface area contributed by atoms with Crippen molar-refractivity contribution in [2.75, 3.05) is 6.54 Å². The normalized spacial score (nSPS) is 14.0. The van der Waals surface area contributed by atoms with Gasteiger partial charge in [0.1, 0.15) is 0 Å². The van der Waals surface area contributed by atoms with Crippen LogP contribution in [0.2, 0.25) is 0 Å². The summed E-state index contributed by atoms with van der Waals surface area (Å²) in [5.41, 5.74) is 3.89. The molecule has 0 spiro atoms. The van der Waals surface area contributed by atoms with Crippen LogP contribution >= 0.6 is 15.9 Å². The Kier molecular flexibility index (Phi) is 5.32. The van der Waals surface area contributed by atoms with Gasteiger partial charge in [-0.05, 0) is 48.4 Å². The average Bonchev–Trinajstić information content (AvgIpc) is 2.48. The van der Waals surface area contributed by atoms with Crippen LogP contribution in [-0.2, 0) is 0 Å². The van der Waals surface area contributed by atoms with Gasteiger partial charge in [0, 0.05) is 28.8 Å². The number of benzene rings is 1. The van der Waals surface area contributed by atoms with Crippen LogP contribution < -0.4 is 5.32 Å².